The van der Waals surface area contributed by atoms with Crippen LogP contribution in [0.15, 0.2) is 45.4 Å². The summed E-state index contributed by atoms with van der Waals surface area (Å²) in [7, 11) is 3.50. The molecule has 5 aliphatic rings. The molecule has 3 aliphatic heterocycles. The van der Waals surface area contributed by atoms with Crippen molar-refractivity contribution in [2.75, 3.05) is 13.1 Å². The molecule has 2 saturated carbocycles. The van der Waals surface area contributed by atoms with Crippen molar-refractivity contribution >= 4 is 98.5 Å². The van der Waals surface area contributed by atoms with E-state index in [0.29, 0.717) is 18.4 Å². The molecule has 2 aliphatic carbocycles. The van der Waals surface area contributed by atoms with Gasteiger partial charge in [-0.1, -0.05) is 28.5 Å². The van der Waals surface area contributed by atoms with Crippen molar-refractivity contribution in [3.05, 3.63) is 86.0 Å². The molecule has 0 radical (unpaired) electrons. The van der Waals surface area contributed by atoms with Crippen LogP contribution in [0.5, 0.6) is 0 Å². The molecule has 9 heterocycles. The maximum Gasteiger partial charge on any atom is 1.00 e. The van der Waals surface area contributed by atoms with Crippen LogP contribution in [-0.4, -0.2) is 113 Å². The van der Waals surface area contributed by atoms with Gasteiger partial charge in [0.1, 0.15) is 43.1 Å². The summed E-state index contributed by atoms with van der Waals surface area (Å²) in [5.74, 6) is 5.47. The number of halogens is 3. The molecule has 1 saturated heterocycles. The summed E-state index contributed by atoms with van der Waals surface area (Å²) in [5, 5.41) is 28.2. The maximum absolute atomic E-state index is 12.1. The molecule has 0 bridgehead atoms. The number of nitrogens with zero attached hydrogens (tertiary/aromatic N) is 12. The van der Waals surface area contributed by atoms with Crippen LogP contribution in [0.25, 0.3) is 55.6 Å². The number of alkyl halides is 2. The van der Waals surface area contributed by atoms with Gasteiger partial charge in [-0.3, -0.25) is 23.7 Å². The smallest absolute Gasteiger partial charge is 1.00 e. The Morgan fingerprint density at radius 2 is 1.15 bits per heavy atom. The topological polar surface area (TPSA) is 232 Å². The number of aromatic nitrogens is 10. The summed E-state index contributed by atoms with van der Waals surface area (Å²) in [6, 6.07) is 12.6. The first-order chi connectivity index (χ1) is 38.8. The van der Waals surface area contributed by atoms with E-state index in [4.69, 9.17) is 66.8 Å². The second kappa shape index (κ2) is 28.3. The van der Waals surface area contributed by atoms with Crippen molar-refractivity contribution in [3.8, 4) is 33.8 Å². The van der Waals surface area contributed by atoms with Crippen molar-refractivity contribution in [1.29, 1.82) is 0 Å². The number of fused-ring (bicyclic) bond motifs is 4. The van der Waals surface area contributed by atoms with E-state index in [1.807, 2.05) is 67.0 Å². The van der Waals surface area contributed by atoms with Gasteiger partial charge in [0.05, 0.1) is 74.9 Å². The standard InChI is InChI=1S/C24H26N6O2.C19H24BN3O3.C11H14IN3O.C2H4Cl2.CH2O3.2K.H/c1-13-21(14(2)32-27-13)23-18-11-17(7-8-19(18)28(4)26-23)22-20-12-29(15(3)31)9-10-30(20)24(25-22)16-5-6-16;1-11-16(12(2)24-22-11)17-14-10-13(8-9-15(14)23(7)21-17)20-25-18(3,4)19(5,6)26-20;1-7(16)14-4-5-15-9(6-14)10(12)13-11(15)8-2-3-8;1-2(3)4;2-1-4-3;;;/h7-8,11,16H,5-6,9-10,12H2,1-4H3;8-10H,1-7H3;8H,2-6H2,1H3;2H,1H3;1,3H;;;/q;;;;;2*+1;-1/p-1. The van der Waals surface area contributed by atoms with Gasteiger partial charge in [-0.15, -0.1) is 23.2 Å². The quantitative estimate of drug-likeness (QED) is 0.0557. The first-order valence-electron chi connectivity index (χ1n) is 27.4. The number of carbonyl (C=O) groups is 3. The summed E-state index contributed by atoms with van der Waals surface area (Å²) in [6.07, 6.45) is 4.96. The van der Waals surface area contributed by atoms with Crippen molar-refractivity contribution in [3.63, 3.8) is 0 Å². The Kier molecular flexibility index (Phi) is 23.1. The normalized spacial score (nSPS) is 16.4. The molecule has 84 heavy (non-hydrogen) atoms. The molecular weight excluding hydrogens is 1280 g/mol. The first kappa shape index (κ1) is 68.6. The Hall–Kier alpha value is -2.84. The van der Waals surface area contributed by atoms with Crippen LogP contribution in [0.3, 0.4) is 0 Å². The summed E-state index contributed by atoms with van der Waals surface area (Å²) < 4.78 is 32.7. The molecule has 3 fully saturated rings. The van der Waals surface area contributed by atoms with Gasteiger partial charge in [0, 0.05) is 82.3 Å². The van der Waals surface area contributed by atoms with Crippen LogP contribution in [0, 0.1) is 31.4 Å². The summed E-state index contributed by atoms with van der Waals surface area (Å²) >= 11 is 12.4. The van der Waals surface area contributed by atoms with E-state index in [1.54, 1.807) is 20.8 Å². The molecule has 21 nitrogen and oxygen atoms in total. The Morgan fingerprint density at radius 1 is 0.726 bits per heavy atom. The number of amides is 2. The van der Waals surface area contributed by atoms with Gasteiger partial charge < -0.3 is 48.9 Å². The maximum atomic E-state index is 12.1. The van der Waals surface area contributed by atoms with E-state index in [1.165, 1.54) is 43.0 Å². The van der Waals surface area contributed by atoms with Gasteiger partial charge >= 0.3 is 110 Å². The average molecular weight is 1350 g/mol. The molecule has 0 atom stereocenters. The molecular formula is C57H70BCl2IK2N12O9. The molecule has 0 spiro atoms. The molecule has 8 aromatic rings. The SMILES string of the molecule is CC(=O)N1CCn2c(C3CC3)nc(-c3ccc4c(c3)c(-c3c(C)noc3C)nn4C)c2C1.CC(=O)N1CCn2c(C3CC3)nc(I)c2C1.CC(Cl)Cl.Cc1noc(C)c1-c1nn(C)c2ccc(B3OC(C)(C)C(C)(C)O3)cc12.O=CO[O-].[H-].[K+].[K+]. The summed E-state index contributed by atoms with van der Waals surface area (Å²) in [5.41, 5.74) is 12.0. The number of aryl methyl sites for hydroxylation is 6. The third-order valence-electron chi connectivity index (χ3n) is 15.9. The second-order valence-corrected chi connectivity index (χ2v) is 24.9. The van der Waals surface area contributed by atoms with Crippen LogP contribution in [0.4, 0.5) is 0 Å². The number of hydrogen-bond acceptors (Lipinski definition) is 15. The third-order valence-corrected chi connectivity index (χ3v) is 16.8. The average Bonchev–Trinajstić information content (AvgIpc) is 1.80. The summed E-state index contributed by atoms with van der Waals surface area (Å²) in [4.78, 5) is 48.1. The largest absolute Gasteiger partial charge is 1.00 e. The van der Waals surface area contributed by atoms with Crippen LogP contribution in [-0.2, 0) is 68.9 Å². The molecule has 13 rings (SSSR count). The molecule has 27 heteroatoms. The fourth-order valence-corrected chi connectivity index (χ4v) is 11.4. The zero-order valence-electron chi connectivity index (χ0n) is 51.6. The van der Waals surface area contributed by atoms with Gasteiger partial charge in [0.15, 0.2) is 0 Å². The fraction of sp³-hybridized carbons (Fsp3) is 0.491. The van der Waals surface area contributed by atoms with Crippen LogP contribution in [0.1, 0.15) is 133 Å². The molecule has 0 unspecified atom stereocenters. The Balaban J connectivity index is 0.000000196. The van der Waals surface area contributed by atoms with Gasteiger partial charge in [-0.2, -0.15) is 10.2 Å². The molecule has 2 aromatic carbocycles. The molecule has 438 valence electrons. The predicted octanol–water partition coefficient (Wildman–Crippen LogP) is 3.18. The van der Waals surface area contributed by atoms with Crippen LogP contribution in [0.2, 0.25) is 0 Å². The molecule has 6 aromatic heterocycles. The van der Waals surface area contributed by atoms with Crippen molar-refractivity contribution < 1.29 is 147 Å². The summed E-state index contributed by atoms with van der Waals surface area (Å²) in [6.45, 7) is 25.4. The van der Waals surface area contributed by atoms with Crippen LogP contribution < -0.4 is 113 Å². The van der Waals surface area contributed by atoms with Crippen molar-refractivity contribution in [1.82, 2.24) is 58.8 Å². The van der Waals surface area contributed by atoms with E-state index < -0.39 is 7.12 Å². The van der Waals surface area contributed by atoms with E-state index >= 15 is 0 Å². The number of carbonyl (C=O) groups excluding carboxylic acids is 3. The van der Waals surface area contributed by atoms with E-state index in [-0.39, 0.29) is 139 Å². The van der Waals surface area contributed by atoms with Gasteiger partial charge in [-0.25, -0.2) is 9.97 Å². The minimum Gasteiger partial charge on any atom is -1.00 e. The van der Waals surface area contributed by atoms with E-state index in [2.05, 4.69) is 110 Å². The number of benzene rings is 2. The Morgan fingerprint density at radius 3 is 1.58 bits per heavy atom. The van der Waals surface area contributed by atoms with Gasteiger partial charge in [-0.05, 0) is 134 Å². The molecule has 2 amide bonds. The Bertz CT molecular complexity index is 3650. The van der Waals surface area contributed by atoms with Gasteiger partial charge in [0.25, 0.3) is 6.47 Å². The minimum absolute atomic E-state index is 0. The first-order valence-corrected chi connectivity index (χ1v) is 29.3. The van der Waals surface area contributed by atoms with E-state index in [0.717, 1.165) is 126 Å². The fourth-order valence-electron chi connectivity index (χ4n) is 10.7. The van der Waals surface area contributed by atoms with Crippen LogP contribution >= 0.6 is 45.8 Å². The number of hydrogen-bond donors (Lipinski definition) is 0. The number of imidazole rings is 2. The predicted molar refractivity (Wildman–Crippen MR) is 319 cm³/mol. The van der Waals surface area contributed by atoms with Crippen molar-refractivity contribution in [2.45, 2.75) is 156 Å². The third kappa shape index (κ3) is 14.7. The zero-order chi connectivity index (χ0) is 59.3. The monoisotopic (exact) mass is 1350 g/mol. The zero-order valence-corrected chi connectivity index (χ0v) is 60.5. The minimum atomic E-state index is -0.401. The Labute approximate surface area is 599 Å². The molecule has 0 N–H and O–H groups in total. The van der Waals surface area contributed by atoms with Crippen molar-refractivity contribution in [2.24, 2.45) is 14.1 Å². The second-order valence-electron chi connectivity index (χ2n) is 22.4. The van der Waals surface area contributed by atoms with E-state index in [9.17, 15) is 9.59 Å². The van der Waals surface area contributed by atoms with Gasteiger partial charge in [0.2, 0.25) is 11.8 Å². The number of rotatable bonds is 7.